The Hall–Kier alpha value is -1.14. The normalized spacial score (nSPS) is 22.2. The Bertz CT molecular complexity index is 1020. The summed E-state index contributed by atoms with van der Waals surface area (Å²) in [5, 5.41) is 0. The van der Waals surface area contributed by atoms with Crippen molar-refractivity contribution in [3.8, 4) is 5.75 Å². The summed E-state index contributed by atoms with van der Waals surface area (Å²) in [6.07, 6.45) is 4.91. The predicted octanol–water partition coefficient (Wildman–Crippen LogP) is 2.95. The molecule has 3 saturated heterocycles. The summed E-state index contributed by atoms with van der Waals surface area (Å²) in [6.45, 7) is 9.88. The van der Waals surface area contributed by atoms with E-state index in [1.54, 1.807) is 23.5 Å². The largest absolute Gasteiger partial charge is 0.497 e. The van der Waals surface area contributed by atoms with Gasteiger partial charge in [-0.15, -0.1) is 24.8 Å². The summed E-state index contributed by atoms with van der Waals surface area (Å²) >= 11 is 0. The molecule has 0 saturated carbocycles. The maximum atomic E-state index is 13.7. The number of rotatable bonds is 8. The summed E-state index contributed by atoms with van der Waals surface area (Å²) in [5.41, 5.74) is 1.35. The van der Waals surface area contributed by atoms with Crippen LogP contribution in [0.3, 0.4) is 0 Å². The molecular weight excluding hydrogens is 563 g/mol. The van der Waals surface area contributed by atoms with E-state index in [1.165, 1.54) is 12.8 Å². The number of carbonyl (C=O) groups excluding carboxylic acids is 1. The lowest BCUT2D eigenvalue weighted by molar-refractivity contribution is -0.138. The number of piperazine rings is 1. The summed E-state index contributed by atoms with van der Waals surface area (Å²) in [6, 6.07) is 3.89. The van der Waals surface area contributed by atoms with Crippen LogP contribution in [-0.2, 0) is 19.6 Å². The van der Waals surface area contributed by atoms with Gasteiger partial charge in [0.1, 0.15) is 12.4 Å². The van der Waals surface area contributed by atoms with Crippen molar-refractivity contribution in [1.82, 2.24) is 19.0 Å². The first kappa shape index (κ1) is 34.1. The van der Waals surface area contributed by atoms with Gasteiger partial charge in [-0.1, -0.05) is 6.42 Å². The number of nitrogens with zero attached hydrogens (tertiary/aromatic N) is 4. The molecule has 0 N–H and O–H groups in total. The monoisotopic (exact) mass is 608 g/mol. The molecule has 0 unspecified atom stereocenters. The highest BCUT2D eigenvalue weighted by Crippen LogP contribution is 2.32. The molecule has 3 aliphatic rings. The Morgan fingerprint density at radius 3 is 2.13 bits per heavy atom. The van der Waals surface area contributed by atoms with E-state index in [-0.39, 0.29) is 50.0 Å². The number of hydrogen-bond acceptors (Lipinski definition) is 7. The number of halogens is 2. The molecule has 0 aromatic heterocycles. The van der Waals surface area contributed by atoms with E-state index in [0.29, 0.717) is 34.4 Å². The van der Waals surface area contributed by atoms with Crippen molar-refractivity contribution < 1.29 is 22.7 Å². The van der Waals surface area contributed by atoms with Gasteiger partial charge in [0.2, 0.25) is 15.9 Å². The number of methoxy groups -OCH3 is 1. The molecule has 224 valence electrons. The molecule has 1 aromatic carbocycles. The van der Waals surface area contributed by atoms with Crippen molar-refractivity contribution in [2.75, 3.05) is 73.2 Å². The zero-order valence-electron chi connectivity index (χ0n) is 23.8. The number of likely N-dealkylation sites (tertiary alicyclic amines) is 1. The summed E-state index contributed by atoms with van der Waals surface area (Å²) in [4.78, 5) is 20.0. The molecule has 0 radical (unpaired) electrons. The Morgan fingerprint density at radius 1 is 0.923 bits per heavy atom. The molecule has 0 bridgehead atoms. The van der Waals surface area contributed by atoms with E-state index in [2.05, 4.69) is 16.8 Å². The third kappa shape index (κ3) is 8.21. The van der Waals surface area contributed by atoms with Crippen LogP contribution in [0.4, 0.5) is 0 Å². The van der Waals surface area contributed by atoms with Crippen molar-refractivity contribution in [3.63, 3.8) is 0 Å². The Labute approximate surface area is 247 Å². The van der Waals surface area contributed by atoms with Crippen LogP contribution >= 0.6 is 24.8 Å². The fraction of sp³-hybridized carbons (Fsp3) is 0.741. The van der Waals surface area contributed by atoms with Gasteiger partial charge >= 0.3 is 0 Å². The van der Waals surface area contributed by atoms with Crippen LogP contribution in [0.1, 0.15) is 43.2 Å². The molecule has 3 aliphatic heterocycles. The molecule has 1 aromatic rings. The highest BCUT2D eigenvalue weighted by Gasteiger charge is 2.36. The first-order chi connectivity index (χ1) is 17.7. The Balaban J connectivity index is 0.00000267. The van der Waals surface area contributed by atoms with E-state index < -0.39 is 10.0 Å². The predicted molar refractivity (Wildman–Crippen MR) is 158 cm³/mol. The lowest BCUT2D eigenvalue weighted by atomic mass is 10.0. The average Bonchev–Trinajstić information content (AvgIpc) is 2.88. The van der Waals surface area contributed by atoms with Crippen molar-refractivity contribution in [2.24, 2.45) is 0 Å². The van der Waals surface area contributed by atoms with E-state index in [9.17, 15) is 13.2 Å². The molecule has 4 rings (SSSR count). The van der Waals surface area contributed by atoms with E-state index >= 15 is 0 Å². The van der Waals surface area contributed by atoms with Gasteiger partial charge in [-0.3, -0.25) is 9.69 Å². The molecule has 39 heavy (non-hydrogen) atoms. The van der Waals surface area contributed by atoms with Crippen LogP contribution in [-0.4, -0.2) is 119 Å². The second-order valence-electron chi connectivity index (χ2n) is 10.8. The van der Waals surface area contributed by atoms with Crippen LogP contribution in [0, 0.1) is 13.8 Å². The quantitative estimate of drug-likeness (QED) is 0.449. The highest BCUT2D eigenvalue weighted by atomic mass is 35.5. The third-order valence-corrected chi connectivity index (χ3v) is 10.5. The van der Waals surface area contributed by atoms with Gasteiger partial charge < -0.3 is 19.3 Å². The number of benzene rings is 1. The maximum Gasteiger partial charge on any atom is 0.248 e. The number of ether oxygens (including phenoxy) is 2. The molecule has 1 atom stereocenters. The van der Waals surface area contributed by atoms with Crippen LogP contribution in [0.5, 0.6) is 5.75 Å². The van der Waals surface area contributed by atoms with Gasteiger partial charge in [0.25, 0.3) is 0 Å². The molecule has 0 spiro atoms. The Kier molecular flexibility index (Phi) is 13.3. The number of sulfonamides is 1. The topological polar surface area (TPSA) is 82.6 Å². The third-order valence-electron chi connectivity index (χ3n) is 8.22. The number of carbonyl (C=O) groups is 1. The lowest BCUT2D eigenvalue weighted by Gasteiger charge is -2.42. The van der Waals surface area contributed by atoms with Gasteiger partial charge in [0.05, 0.1) is 18.6 Å². The second kappa shape index (κ2) is 15.2. The van der Waals surface area contributed by atoms with Crippen molar-refractivity contribution in [1.29, 1.82) is 0 Å². The van der Waals surface area contributed by atoms with Crippen molar-refractivity contribution >= 4 is 40.7 Å². The summed E-state index contributed by atoms with van der Waals surface area (Å²) in [7, 11) is 0.0619. The second-order valence-corrected chi connectivity index (χ2v) is 12.6. The number of amides is 1. The standard InChI is InChI=1S/C27H44N4O5S.2ClH/c1-21-17-25(35-4)18-22(2)27(21)37(33,34)31-10-6-5-7-24(31)19-36-20-26(32)30-15-13-29(14-16-30)23-8-11-28(3)12-9-23;;/h17-18,23-24H,5-16,19-20H2,1-4H3;2*1H/t24-;;/m1../s1. The first-order valence-corrected chi connectivity index (χ1v) is 15.1. The smallest absolute Gasteiger partial charge is 0.248 e. The summed E-state index contributed by atoms with van der Waals surface area (Å²) < 4.78 is 40.2. The maximum absolute atomic E-state index is 13.7. The lowest BCUT2D eigenvalue weighted by Crippen LogP contribution is -2.54. The minimum absolute atomic E-state index is 0. The molecule has 1 amide bonds. The van der Waals surface area contributed by atoms with E-state index in [1.807, 2.05) is 18.7 Å². The van der Waals surface area contributed by atoms with Gasteiger partial charge in [0, 0.05) is 44.8 Å². The summed E-state index contributed by atoms with van der Waals surface area (Å²) in [5.74, 6) is 0.647. The SMILES string of the molecule is COc1cc(C)c(S(=O)(=O)N2CCCC[C@@H]2COCC(=O)N2CCN(C3CCN(C)CC3)CC2)c(C)c1.Cl.Cl. The minimum Gasteiger partial charge on any atom is -0.497 e. The van der Waals surface area contributed by atoms with E-state index in [4.69, 9.17) is 9.47 Å². The van der Waals surface area contributed by atoms with Crippen molar-refractivity contribution in [3.05, 3.63) is 23.3 Å². The van der Waals surface area contributed by atoms with Gasteiger partial charge in [-0.05, 0) is 82.9 Å². The van der Waals surface area contributed by atoms with Crippen LogP contribution in [0.2, 0.25) is 0 Å². The number of aryl methyl sites for hydroxylation is 2. The Morgan fingerprint density at radius 2 is 1.54 bits per heavy atom. The number of hydrogen-bond donors (Lipinski definition) is 0. The van der Waals surface area contributed by atoms with Crippen LogP contribution in [0.15, 0.2) is 17.0 Å². The zero-order chi connectivity index (χ0) is 26.6. The molecule has 12 heteroatoms. The zero-order valence-corrected chi connectivity index (χ0v) is 26.2. The molecule has 3 heterocycles. The van der Waals surface area contributed by atoms with Crippen LogP contribution in [0.25, 0.3) is 0 Å². The van der Waals surface area contributed by atoms with E-state index in [0.717, 1.165) is 58.5 Å². The highest BCUT2D eigenvalue weighted by molar-refractivity contribution is 7.89. The molecule has 9 nitrogen and oxygen atoms in total. The fourth-order valence-electron chi connectivity index (χ4n) is 6.08. The van der Waals surface area contributed by atoms with Crippen molar-refractivity contribution in [2.45, 2.75) is 62.9 Å². The molecule has 3 fully saturated rings. The fourth-order valence-corrected chi connectivity index (χ4v) is 8.17. The van der Waals surface area contributed by atoms with Gasteiger partial charge in [-0.25, -0.2) is 8.42 Å². The molecule has 0 aliphatic carbocycles. The number of piperidine rings is 2. The minimum atomic E-state index is -3.70. The van der Waals surface area contributed by atoms with Crippen LogP contribution < -0.4 is 4.74 Å². The average molecular weight is 610 g/mol. The van der Waals surface area contributed by atoms with Gasteiger partial charge in [-0.2, -0.15) is 4.31 Å². The molecular formula is C27H46Cl2N4O5S. The first-order valence-electron chi connectivity index (χ1n) is 13.7. The van der Waals surface area contributed by atoms with Gasteiger partial charge in [0.15, 0.2) is 0 Å².